The maximum Gasteiger partial charge on any atom is 0.274 e. The van der Waals surface area contributed by atoms with E-state index < -0.39 is 23.4 Å². The molecule has 2 heterocycles. The minimum Gasteiger partial charge on any atom is -0.485 e. The minimum absolute atomic E-state index is 0.0410. The lowest BCUT2D eigenvalue weighted by molar-refractivity contribution is 0.102. The first-order valence-electron chi connectivity index (χ1n) is 9.05. The van der Waals surface area contributed by atoms with Crippen molar-refractivity contribution in [3.8, 4) is 5.75 Å². The average Bonchev–Trinajstić information content (AvgIpc) is 3.06. The lowest BCUT2D eigenvalue weighted by Gasteiger charge is -2.10. The number of aromatic nitrogens is 2. The molecule has 0 aliphatic heterocycles. The van der Waals surface area contributed by atoms with Gasteiger partial charge in [0.1, 0.15) is 29.8 Å². The van der Waals surface area contributed by atoms with E-state index in [9.17, 15) is 18.0 Å². The van der Waals surface area contributed by atoms with Gasteiger partial charge < -0.3 is 10.1 Å². The van der Waals surface area contributed by atoms with Gasteiger partial charge >= 0.3 is 0 Å². The summed E-state index contributed by atoms with van der Waals surface area (Å²) in [7, 11) is 0. The van der Waals surface area contributed by atoms with Gasteiger partial charge in [-0.3, -0.25) is 9.20 Å². The van der Waals surface area contributed by atoms with Crippen LogP contribution < -0.4 is 10.1 Å². The Kier molecular flexibility index (Phi) is 5.14. The van der Waals surface area contributed by atoms with Crippen molar-refractivity contribution in [1.82, 2.24) is 9.38 Å². The van der Waals surface area contributed by atoms with E-state index in [1.165, 1.54) is 28.7 Å². The molecule has 4 rings (SSSR count). The number of benzene rings is 2. The average molecular weight is 411 g/mol. The molecule has 0 fully saturated rings. The molecule has 2 aromatic heterocycles. The Balaban J connectivity index is 1.65. The molecule has 0 saturated carbocycles. The summed E-state index contributed by atoms with van der Waals surface area (Å²) >= 11 is 0. The third-order valence-electron chi connectivity index (χ3n) is 4.56. The van der Waals surface area contributed by atoms with Crippen LogP contribution in [0, 0.1) is 24.4 Å². The normalized spacial score (nSPS) is 10.9. The highest BCUT2D eigenvalue weighted by Gasteiger charge is 2.20. The van der Waals surface area contributed by atoms with Crippen LogP contribution in [0.5, 0.6) is 5.75 Å². The number of halogens is 3. The molecular formula is C22H16F3N3O2. The second kappa shape index (κ2) is 7.90. The number of imidazole rings is 1. The van der Waals surface area contributed by atoms with Crippen LogP contribution in [0.25, 0.3) is 5.65 Å². The summed E-state index contributed by atoms with van der Waals surface area (Å²) < 4.78 is 48.7. The van der Waals surface area contributed by atoms with E-state index in [2.05, 4.69) is 10.3 Å². The van der Waals surface area contributed by atoms with Crippen molar-refractivity contribution in [1.29, 1.82) is 0 Å². The van der Waals surface area contributed by atoms with Crippen LogP contribution in [-0.2, 0) is 6.61 Å². The molecule has 4 aromatic rings. The van der Waals surface area contributed by atoms with Crippen LogP contribution in [-0.4, -0.2) is 15.3 Å². The summed E-state index contributed by atoms with van der Waals surface area (Å²) in [5, 5.41) is 2.52. The van der Waals surface area contributed by atoms with Gasteiger partial charge in [-0.1, -0.05) is 18.2 Å². The molecule has 0 radical (unpaired) electrons. The zero-order chi connectivity index (χ0) is 21.3. The number of amides is 1. The molecule has 8 heteroatoms. The Hall–Kier alpha value is -3.81. The number of nitrogens with one attached hydrogen (secondary N) is 1. The van der Waals surface area contributed by atoms with E-state index >= 15 is 0 Å². The van der Waals surface area contributed by atoms with Crippen LogP contribution in [0.1, 0.15) is 21.7 Å². The van der Waals surface area contributed by atoms with Crippen molar-refractivity contribution < 1.29 is 22.7 Å². The predicted molar refractivity (Wildman–Crippen MR) is 105 cm³/mol. The van der Waals surface area contributed by atoms with Gasteiger partial charge in [-0.15, -0.1) is 0 Å². The first-order chi connectivity index (χ1) is 14.5. The van der Waals surface area contributed by atoms with Gasteiger partial charge in [0.15, 0.2) is 11.4 Å². The van der Waals surface area contributed by atoms with Crippen molar-refractivity contribution >= 4 is 17.2 Å². The van der Waals surface area contributed by atoms with Gasteiger partial charge in [0.05, 0.1) is 16.9 Å². The Bertz CT molecular complexity index is 1230. The first kappa shape index (κ1) is 19.5. The van der Waals surface area contributed by atoms with Crippen LogP contribution in [0.4, 0.5) is 18.9 Å². The third-order valence-corrected chi connectivity index (χ3v) is 4.56. The largest absolute Gasteiger partial charge is 0.485 e. The molecule has 30 heavy (non-hydrogen) atoms. The van der Waals surface area contributed by atoms with E-state index in [4.69, 9.17) is 4.74 Å². The summed E-state index contributed by atoms with van der Waals surface area (Å²) in [5.74, 6) is -2.30. The van der Waals surface area contributed by atoms with Crippen LogP contribution in [0.15, 0.2) is 60.8 Å². The highest BCUT2D eigenvalue weighted by Crippen LogP contribution is 2.25. The number of fused-ring (bicyclic) bond motifs is 1. The summed E-state index contributed by atoms with van der Waals surface area (Å²) in [6.07, 6.45) is 1.60. The van der Waals surface area contributed by atoms with Crippen molar-refractivity contribution in [2.45, 2.75) is 13.5 Å². The summed E-state index contributed by atoms with van der Waals surface area (Å²) in [4.78, 5) is 17.1. The third kappa shape index (κ3) is 3.59. The lowest BCUT2D eigenvalue weighted by atomic mass is 10.2. The number of carbonyl (C=O) groups excluding carboxylic acids is 1. The fourth-order valence-corrected chi connectivity index (χ4v) is 3.11. The highest BCUT2D eigenvalue weighted by atomic mass is 19.1. The van der Waals surface area contributed by atoms with Gasteiger partial charge in [-0.25, -0.2) is 18.2 Å². The number of pyridine rings is 1. The molecule has 1 amide bonds. The lowest BCUT2D eigenvalue weighted by Crippen LogP contribution is -2.16. The number of aryl methyl sites for hydroxylation is 1. The predicted octanol–water partition coefficient (Wildman–Crippen LogP) is 4.89. The monoisotopic (exact) mass is 411 g/mol. The number of rotatable bonds is 5. The molecule has 0 spiro atoms. The number of carbonyl (C=O) groups is 1. The van der Waals surface area contributed by atoms with Crippen molar-refractivity contribution in [3.05, 3.63) is 95.2 Å². The molecule has 0 unspecified atom stereocenters. The molecular weight excluding hydrogens is 395 g/mol. The molecule has 0 aliphatic rings. The van der Waals surface area contributed by atoms with E-state index in [0.29, 0.717) is 11.3 Å². The number of hydrogen-bond donors (Lipinski definition) is 1. The second-order valence-electron chi connectivity index (χ2n) is 6.53. The fraction of sp³-hybridized carbons (Fsp3) is 0.0909. The Morgan fingerprint density at radius 2 is 1.70 bits per heavy atom. The van der Waals surface area contributed by atoms with E-state index in [0.717, 1.165) is 12.1 Å². The standard InChI is InChI=1S/C22H16F3N3O2/c1-13-20(22(29)27-18-9-3-2-6-17(18)25)28-11-5-10-19(21(28)26-13)30-12-14-15(23)7-4-8-16(14)24/h2-11H,12H2,1H3,(H,27,29). The molecule has 152 valence electrons. The van der Waals surface area contributed by atoms with Crippen LogP contribution in [0.2, 0.25) is 0 Å². The maximum absolute atomic E-state index is 13.9. The highest BCUT2D eigenvalue weighted by molar-refractivity contribution is 6.04. The Morgan fingerprint density at radius 1 is 1.00 bits per heavy atom. The van der Waals surface area contributed by atoms with Gasteiger partial charge in [-0.05, 0) is 43.3 Å². The van der Waals surface area contributed by atoms with Crippen molar-refractivity contribution in [2.24, 2.45) is 0 Å². The molecule has 0 aliphatic carbocycles. The van der Waals surface area contributed by atoms with Crippen molar-refractivity contribution in [3.63, 3.8) is 0 Å². The second-order valence-corrected chi connectivity index (χ2v) is 6.53. The summed E-state index contributed by atoms with van der Waals surface area (Å²) in [5.41, 5.74) is 0.706. The minimum atomic E-state index is -0.716. The van der Waals surface area contributed by atoms with Gasteiger partial charge in [0.2, 0.25) is 0 Å². The maximum atomic E-state index is 13.9. The number of hydrogen-bond acceptors (Lipinski definition) is 3. The number of para-hydroxylation sites is 1. The quantitative estimate of drug-likeness (QED) is 0.509. The first-order valence-corrected chi connectivity index (χ1v) is 9.05. The summed E-state index contributed by atoms with van der Waals surface area (Å²) in [6, 6.07) is 12.6. The molecule has 0 saturated heterocycles. The topological polar surface area (TPSA) is 55.6 Å². The zero-order valence-corrected chi connectivity index (χ0v) is 15.8. The van der Waals surface area contributed by atoms with Gasteiger partial charge in [-0.2, -0.15) is 0 Å². The fourth-order valence-electron chi connectivity index (χ4n) is 3.11. The number of nitrogens with zero attached hydrogens (tertiary/aromatic N) is 2. The SMILES string of the molecule is Cc1nc2c(OCc3c(F)cccc3F)cccn2c1C(=O)Nc1ccccc1F. The van der Waals surface area contributed by atoms with E-state index in [1.807, 2.05) is 0 Å². The van der Waals surface area contributed by atoms with Crippen LogP contribution >= 0.6 is 0 Å². The molecule has 1 N–H and O–H groups in total. The molecule has 0 atom stereocenters. The number of anilines is 1. The zero-order valence-electron chi connectivity index (χ0n) is 15.8. The number of ether oxygens (including phenoxy) is 1. The smallest absolute Gasteiger partial charge is 0.274 e. The van der Waals surface area contributed by atoms with Gasteiger partial charge in [0, 0.05) is 6.20 Å². The Morgan fingerprint density at radius 3 is 2.43 bits per heavy atom. The summed E-state index contributed by atoms with van der Waals surface area (Å²) in [6.45, 7) is 1.28. The van der Waals surface area contributed by atoms with Crippen LogP contribution in [0.3, 0.4) is 0 Å². The van der Waals surface area contributed by atoms with Crippen molar-refractivity contribution in [2.75, 3.05) is 5.32 Å². The van der Waals surface area contributed by atoms with E-state index in [-0.39, 0.29) is 29.3 Å². The van der Waals surface area contributed by atoms with Gasteiger partial charge in [0.25, 0.3) is 5.91 Å². The van der Waals surface area contributed by atoms with E-state index in [1.54, 1.807) is 31.3 Å². The molecule has 2 aromatic carbocycles. The molecule has 5 nitrogen and oxygen atoms in total. The molecule has 0 bridgehead atoms. The Labute approximate surface area is 169 Å².